The Morgan fingerprint density at radius 3 is 2.62 bits per heavy atom. The lowest BCUT2D eigenvalue weighted by molar-refractivity contribution is -0.145. The number of unbranched alkanes of at least 4 members (excludes halogenated alkanes) is 1. The van der Waals surface area contributed by atoms with Crippen LogP contribution in [0.4, 0.5) is 5.69 Å². The summed E-state index contributed by atoms with van der Waals surface area (Å²) in [5.41, 5.74) is -1.15. The van der Waals surface area contributed by atoms with E-state index >= 15 is 0 Å². The van der Waals surface area contributed by atoms with E-state index in [2.05, 4.69) is 17.6 Å². The summed E-state index contributed by atoms with van der Waals surface area (Å²) in [6.45, 7) is 6.31. The van der Waals surface area contributed by atoms with Crippen LogP contribution in [0, 0.1) is 11.8 Å². The van der Waals surface area contributed by atoms with Crippen molar-refractivity contribution in [2.75, 3.05) is 18.5 Å². The van der Waals surface area contributed by atoms with Gasteiger partial charge in [-0.05, 0) is 58.1 Å². The summed E-state index contributed by atoms with van der Waals surface area (Å²) in [6.07, 6.45) is 4.08. The van der Waals surface area contributed by atoms with Gasteiger partial charge in [-0.3, -0.25) is 14.4 Å². The summed E-state index contributed by atoms with van der Waals surface area (Å²) >= 11 is 0. The number of carbonyl (C=O) groups excluding carboxylic acids is 3. The number of anilines is 1. The average molecular weight is 472 g/mol. The Morgan fingerprint density at radius 2 is 1.94 bits per heavy atom. The monoisotopic (exact) mass is 471 g/mol. The number of carbonyl (C=O) groups is 3. The van der Waals surface area contributed by atoms with Crippen LogP contribution in [0.2, 0.25) is 0 Å². The minimum absolute atomic E-state index is 0.0197. The maximum absolute atomic E-state index is 13.8. The largest absolute Gasteiger partial charge is 0.396 e. The normalized spacial score (nSPS) is 32.5. The molecule has 1 spiro atoms. The van der Waals surface area contributed by atoms with Gasteiger partial charge in [0.15, 0.2) is 0 Å². The Bertz CT molecular complexity index is 924. The van der Waals surface area contributed by atoms with E-state index in [0.717, 1.165) is 12.8 Å². The molecule has 3 amide bonds. The molecule has 4 rings (SSSR count). The number of ether oxygens (including phenoxy) is 1. The second-order valence-corrected chi connectivity index (χ2v) is 10.2. The Labute approximate surface area is 201 Å². The molecule has 6 atom stereocenters. The highest BCUT2D eigenvalue weighted by Crippen LogP contribution is 2.63. The van der Waals surface area contributed by atoms with Crippen LogP contribution in [0.1, 0.15) is 59.3 Å². The van der Waals surface area contributed by atoms with Gasteiger partial charge >= 0.3 is 0 Å². The smallest absolute Gasteiger partial charge is 0.246 e. The van der Waals surface area contributed by atoms with Gasteiger partial charge in [-0.2, -0.15) is 0 Å². The molecule has 8 nitrogen and oxygen atoms in total. The molecule has 1 aromatic carbocycles. The number of hydrogen-bond acceptors (Lipinski definition) is 5. The number of para-hydroxylation sites is 1. The molecule has 3 unspecified atom stereocenters. The van der Waals surface area contributed by atoms with Gasteiger partial charge in [0.25, 0.3) is 0 Å². The summed E-state index contributed by atoms with van der Waals surface area (Å²) in [5, 5.41) is 15.3. The van der Waals surface area contributed by atoms with Crippen LogP contribution in [-0.4, -0.2) is 64.2 Å². The third kappa shape index (κ3) is 4.11. The van der Waals surface area contributed by atoms with Crippen LogP contribution in [0.3, 0.4) is 0 Å². The van der Waals surface area contributed by atoms with Gasteiger partial charge in [0.2, 0.25) is 17.7 Å². The number of aliphatic hydroxyl groups is 1. The molecular weight excluding hydrogens is 434 g/mol. The highest BCUT2D eigenvalue weighted by molar-refractivity contribution is 6.02. The van der Waals surface area contributed by atoms with Crippen molar-refractivity contribution in [1.29, 1.82) is 0 Å². The molecule has 0 aromatic heterocycles. The van der Waals surface area contributed by atoms with Crippen molar-refractivity contribution in [3.8, 4) is 0 Å². The van der Waals surface area contributed by atoms with Gasteiger partial charge in [0.05, 0.1) is 17.4 Å². The summed E-state index contributed by atoms with van der Waals surface area (Å²) in [4.78, 5) is 42.5. The zero-order valence-corrected chi connectivity index (χ0v) is 20.4. The second-order valence-electron chi connectivity index (χ2n) is 10.2. The third-order valence-corrected chi connectivity index (χ3v) is 7.77. The summed E-state index contributed by atoms with van der Waals surface area (Å²) in [5.74, 6) is -2.04. The molecule has 0 radical (unpaired) electrons. The Hall–Kier alpha value is -2.45. The molecule has 8 heteroatoms. The van der Waals surface area contributed by atoms with Crippen LogP contribution >= 0.6 is 0 Å². The fourth-order valence-electron chi connectivity index (χ4n) is 6.33. The molecule has 34 heavy (non-hydrogen) atoms. The van der Waals surface area contributed by atoms with E-state index in [1.807, 2.05) is 44.2 Å². The minimum Gasteiger partial charge on any atom is -0.396 e. The second kappa shape index (κ2) is 9.66. The fraction of sp³-hybridized carbons (Fsp3) is 0.654. The molecule has 3 heterocycles. The van der Waals surface area contributed by atoms with E-state index < -0.39 is 29.1 Å². The van der Waals surface area contributed by atoms with Crippen LogP contribution in [-0.2, 0) is 19.1 Å². The minimum atomic E-state index is -1.01. The summed E-state index contributed by atoms with van der Waals surface area (Å²) in [6, 6.07) is 8.39. The molecule has 3 N–H and O–H groups in total. The first kappa shape index (κ1) is 24.7. The molecule has 186 valence electrons. The Kier molecular flexibility index (Phi) is 7.01. The summed E-state index contributed by atoms with van der Waals surface area (Å²) in [7, 11) is 0. The third-order valence-electron chi connectivity index (χ3n) is 7.77. The SMILES string of the molecule is CCCC(C)NC(=O)C1N(CCCCO)C(=O)[C@@H]2[C@@H](C(=O)Nc3ccccc3)[C@@]3(C)CCC12O3. The predicted octanol–water partition coefficient (Wildman–Crippen LogP) is 2.47. The van der Waals surface area contributed by atoms with Crippen LogP contribution < -0.4 is 10.6 Å². The number of hydrogen-bond donors (Lipinski definition) is 3. The molecule has 3 saturated heterocycles. The van der Waals surface area contributed by atoms with Gasteiger partial charge in [-0.1, -0.05) is 31.5 Å². The van der Waals surface area contributed by atoms with Crippen LogP contribution in [0.15, 0.2) is 30.3 Å². The molecule has 3 fully saturated rings. The average Bonchev–Trinajstić information content (AvgIpc) is 3.35. The van der Waals surface area contributed by atoms with E-state index in [1.54, 1.807) is 4.90 Å². The quantitative estimate of drug-likeness (QED) is 0.455. The zero-order chi connectivity index (χ0) is 24.5. The van der Waals surface area contributed by atoms with Crippen molar-refractivity contribution in [3.05, 3.63) is 30.3 Å². The molecular formula is C26H37N3O5. The maximum Gasteiger partial charge on any atom is 0.246 e. The van der Waals surface area contributed by atoms with E-state index in [1.165, 1.54) is 0 Å². The van der Waals surface area contributed by atoms with Crippen molar-refractivity contribution in [2.24, 2.45) is 11.8 Å². The number of benzene rings is 1. The first-order chi connectivity index (χ1) is 16.3. The van der Waals surface area contributed by atoms with Gasteiger partial charge in [0.1, 0.15) is 11.6 Å². The van der Waals surface area contributed by atoms with Crippen molar-refractivity contribution in [2.45, 2.75) is 82.6 Å². The lowest BCUT2D eigenvalue weighted by Crippen LogP contribution is -2.56. The van der Waals surface area contributed by atoms with Gasteiger partial charge in [-0.15, -0.1) is 0 Å². The van der Waals surface area contributed by atoms with E-state index in [0.29, 0.717) is 37.9 Å². The highest BCUT2D eigenvalue weighted by atomic mass is 16.5. The van der Waals surface area contributed by atoms with Crippen LogP contribution in [0.25, 0.3) is 0 Å². The molecule has 3 aliphatic rings. The number of nitrogens with zero attached hydrogens (tertiary/aromatic N) is 1. The van der Waals surface area contributed by atoms with E-state index in [9.17, 15) is 19.5 Å². The first-order valence-electron chi connectivity index (χ1n) is 12.5. The Balaban J connectivity index is 1.66. The van der Waals surface area contributed by atoms with Gasteiger partial charge < -0.3 is 25.4 Å². The Morgan fingerprint density at radius 1 is 1.21 bits per heavy atom. The van der Waals surface area contributed by atoms with Crippen molar-refractivity contribution < 1.29 is 24.2 Å². The number of amides is 3. The lowest BCUT2D eigenvalue weighted by Gasteiger charge is -2.34. The van der Waals surface area contributed by atoms with Gasteiger partial charge in [-0.25, -0.2) is 0 Å². The maximum atomic E-state index is 13.8. The highest BCUT2D eigenvalue weighted by Gasteiger charge is 2.77. The number of aliphatic hydroxyl groups excluding tert-OH is 1. The molecule has 2 bridgehead atoms. The van der Waals surface area contributed by atoms with Gasteiger partial charge in [0, 0.05) is 24.9 Å². The first-order valence-corrected chi connectivity index (χ1v) is 12.5. The van der Waals surface area contributed by atoms with Crippen molar-refractivity contribution in [1.82, 2.24) is 10.2 Å². The van der Waals surface area contributed by atoms with E-state index in [-0.39, 0.29) is 30.4 Å². The topological polar surface area (TPSA) is 108 Å². The predicted molar refractivity (Wildman–Crippen MR) is 128 cm³/mol. The summed E-state index contributed by atoms with van der Waals surface area (Å²) < 4.78 is 6.59. The molecule has 0 aliphatic carbocycles. The molecule has 1 aromatic rings. The number of fused-ring (bicyclic) bond motifs is 1. The fourth-order valence-corrected chi connectivity index (χ4v) is 6.33. The van der Waals surface area contributed by atoms with Crippen LogP contribution in [0.5, 0.6) is 0 Å². The number of rotatable bonds is 10. The van der Waals surface area contributed by atoms with E-state index in [4.69, 9.17) is 4.74 Å². The van der Waals surface area contributed by atoms with Crippen molar-refractivity contribution >= 4 is 23.4 Å². The lowest BCUT2D eigenvalue weighted by atomic mass is 9.66. The number of nitrogens with one attached hydrogen (secondary N) is 2. The molecule has 0 saturated carbocycles. The number of likely N-dealkylation sites (tertiary alicyclic amines) is 1. The van der Waals surface area contributed by atoms with Crippen molar-refractivity contribution in [3.63, 3.8) is 0 Å². The zero-order valence-electron chi connectivity index (χ0n) is 20.4. The molecule has 3 aliphatic heterocycles. The standard InChI is InChI=1S/C26H37N3O5/c1-4-10-17(2)27-23(32)21-26-14-13-25(3,34-26)19(22(31)28-18-11-6-5-7-12-18)20(26)24(33)29(21)15-8-9-16-30/h5-7,11-12,17,19-21,30H,4,8-10,13-16H2,1-3H3,(H,27,32)(H,28,31)/t17?,19-,20-,21?,25+,26?/m0/s1.